The van der Waals surface area contributed by atoms with Gasteiger partial charge in [0.25, 0.3) is 5.91 Å². The van der Waals surface area contributed by atoms with Crippen LogP contribution in [0, 0.1) is 0 Å². The molecule has 2 aliphatic rings. The summed E-state index contributed by atoms with van der Waals surface area (Å²) in [5.74, 6) is -0.127. The van der Waals surface area contributed by atoms with Gasteiger partial charge in [0.15, 0.2) is 0 Å². The smallest absolute Gasteiger partial charge is 0.254 e. The van der Waals surface area contributed by atoms with Gasteiger partial charge in [0.1, 0.15) is 0 Å². The van der Waals surface area contributed by atoms with Crippen molar-refractivity contribution in [1.82, 2.24) is 9.62 Å². The monoisotopic (exact) mass is 356 g/mol. The Kier molecular flexibility index (Phi) is 4.09. The zero-order valence-corrected chi connectivity index (χ0v) is 14.6. The van der Waals surface area contributed by atoms with Crippen molar-refractivity contribution in [3.63, 3.8) is 0 Å². The highest BCUT2D eigenvalue weighted by Crippen LogP contribution is 2.24. The van der Waals surface area contributed by atoms with Gasteiger partial charge in [0.05, 0.1) is 4.90 Å². The second-order valence-corrected chi connectivity index (χ2v) is 8.38. The van der Waals surface area contributed by atoms with Crippen LogP contribution >= 0.6 is 0 Å². The fourth-order valence-electron chi connectivity index (χ4n) is 3.14. The van der Waals surface area contributed by atoms with Crippen molar-refractivity contribution in [2.24, 2.45) is 0 Å². The molecule has 1 fully saturated rings. The lowest BCUT2D eigenvalue weighted by molar-refractivity contribution is 0.0734. The fourth-order valence-corrected chi connectivity index (χ4v) is 4.49. The minimum absolute atomic E-state index is 0.0444. The molecule has 0 saturated heterocycles. The number of hydrogen-bond donors (Lipinski definition) is 1. The van der Waals surface area contributed by atoms with E-state index in [0.29, 0.717) is 18.7 Å². The van der Waals surface area contributed by atoms with E-state index in [9.17, 15) is 13.2 Å². The topological polar surface area (TPSA) is 66.5 Å². The summed E-state index contributed by atoms with van der Waals surface area (Å²) >= 11 is 0. The van der Waals surface area contributed by atoms with E-state index < -0.39 is 10.0 Å². The molecule has 2 aromatic carbocycles. The molecule has 1 amide bonds. The van der Waals surface area contributed by atoms with Crippen LogP contribution in [0.3, 0.4) is 0 Å². The lowest BCUT2D eigenvalue weighted by Gasteiger charge is -2.29. The molecular formula is C19H20N2O3S. The maximum Gasteiger partial charge on any atom is 0.254 e. The lowest BCUT2D eigenvalue weighted by Crippen LogP contribution is -2.36. The van der Waals surface area contributed by atoms with Crippen LogP contribution in [0.25, 0.3) is 0 Å². The van der Waals surface area contributed by atoms with E-state index in [4.69, 9.17) is 0 Å². The van der Waals surface area contributed by atoms with Crippen molar-refractivity contribution in [2.45, 2.75) is 36.7 Å². The molecule has 0 aromatic heterocycles. The Balaban J connectivity index is 1.56. The summed E-state index contributed by atoms with van der Waals surface area (Å²) in [7, 11) is -3.55. The van der Waals surface area contributed by atoms with Crippen molar-refractivity contribution in [3.8, 4) is 0 Å². The summed E-state index contributed by atoms with van der Waals surface area (Å²) in [5, 5.41) is 0. The molecule has 4 rings (SSSR count). The normalized spacial score (nSPS) is 17.2. The predicted molar refractivity (Wildman–Crippen MR) is 94.7 cm³/mol. The van der Waals surface area contributed by atoms with Crippen molar-refractivity contribution < 1.29 is 13.2 Å². The Morgan fingerprint density at radius 2 is 1.80 bits per heavy atom. The van der Waals surface area contributed by atoms with E-state index in [2.05, 4.69) is 10.8 Å². The molecule has 0 spiro atoms. The number of carbonyl (C=O) groups is 1. The highest BCUT2D eigenvalue weighted by molar-refractivity contribution is 7.89. The lowest BCUT2D eigenvalue weighted by atomic mass is 9.99. The molecule has 1 N–H and O–H groups in total. The molecule has 1 aliphatic carbocycles. The second kappa shape index (κ2) is 6.28. The van der Waals surface area contributed by atoms with Crippen LogP contribution in [-0.2, 0) is 23.0 Å². The number of hydrogen-bond acceptors (Lipinski definition) is 3. The Bertz CT molecular complexity index is 920. The molecule has 0 atom stereocenters. The quantitative estimate of drug-likeness (QED) is 0.914. The van der Waals surface area contributed by atoms with Crippen molar-refractivity contribution >= 4 is 15.9 Å². The van der Waals surface area contributed by atoms with Crippen LogP contribution in [0.4, 0.5) is 0 Å². The molecule has 6 heteroatoms. The van der Waals surface area contributed by atoms with Crippen LogP contribution < -0.4 is 4.72 Å². The summed E-state index contributed by atoms with van der Waals surface area (Å²) < 4.78 is 27.4. The van der Waals surface area contributed by atoms with Crippen molar-refractivity contribution in [3.05, 3.63) is 65.2 Å². The molecule has 130 valence electrons. The highest BCUT2D eigenvalue weighted by Gasteiger charge is 2.29. The predicted octanol–water partition coefficient (Wildman–Crippen LogP) is 2.33. The zero-order chi connectivity index (χ0) is 17.4. The first-order valence-corrected chi connectivity index (χ1v) is 10.00. The Hall–Kier alpha value is -2.18. The first-order valence-electron chi connectivity index (χ1n) is 8.51. The van der Waals surface area contributed by atoms with Gasteiger partial charge in [-0.2, -0.15) is 0 Å². The number of sulfonamides is 1. The second-order valence-electron chi connectivity index (χ2n) is 6.67. The van der Waals surface area contributed by atoms with Crippen molar-refractivity contribution in [1.29, 1.82) is 0 Å². The highest BCUT2D eigenvalue weighted by atomic mass is 32.2. The van der Waals surface area contributed by atoms with Gasteiger partial charge in [-0.05, 0) is 48.6 Å². The maximum atomic E-state index is 12.8. The first-order chi connectivity index (χ1) is 12.0. The SMILES string of the molecule is O=C(c1cccc(S(=O)(=O)NC2CC2)c1)N1CCc2ccccc2C1. The van der Waals surface area contributed by atoms with E-state index in [-0.39, 0.29) is 16.8 Å². The zero-order valence-electron chi connectivity index (χ0n) is 13.8. The van der Waals surface area contributed by atoms with Crippen LogP contribution in [0.2, 0.25) is 0 Å². The van der Waals surface area contributed by atoms with Gasteiger partial charge < -0.3 is 4.90 Å². The number of rotatable bonds is 4. The molecule has 2 aromatic rings. The van der Waals surface area contributed by atoms with Gasteiger partial charge in [0.2, 0.25) is 10.0 Å². The third kappa shape index (κ3) is 3.45. The van der Waals surface area contributed by atoms with E-state index in [1.54, 1.807) is 17.0 Å². The third-order valence-corrected chi connectivity index (χ3v) is 6.23. The largest absolute Gasteiger partial charge is 0.334 e. The number of nitrogens with one attached hydrogen (secondary N) is 1. The number of benzene rings is 2. The minimum Gasteiger partial charge on any atom is -0.334 e. The van der Waals surface area contributed by atoms with Gasteiger partial charge in [-0.3, -0.25) is 4.79 Å². The van der Waals surface area contributed by atoms with E-state index >= 15 is 0 Å². The van der Waals surface area contributed by atoms with E-state index in [1.165, 1.54) is 17.7 Å². The van der Waals surface area contributed by atoms with Crippen LogP contribution in [0.5, 0.6) is 0 Å². The molecular weight excluding hydrogens is 336 g/mol. The Labute approximate surface area is 147 Å². The molecule has 1 saturated carbocycles. The number of nitrogens with zero attached hydrogens (tertiary/aromatic N) is 1. The summed E-state index contributed by atoms with van der Waals surface area (Å²) in [6.07, 6.45) is 2.58. The number of carbonyl (C=O) groups excluding carboxylic acids is 1. The minimum atomic E-state index is -3.55. The van der Waals surface area contributed by atoms with Gasteiger partial charge in [-0.15, -0.1) is 0 Å². The standard InChI is InChI=1S/C19H20N2O3S/c22-19(21-11-10-14-4-1-2-5-16(14)13-21)15-6-3-7-18(12-15)25(23,24)20-17-8-9-17/h1-7,12,17,20H,8-11,13H2. The molecule has 1 aliphatic heterocycles. The van der Waals surface area contributed by atoms with Crippen LogP contribution in [-0.4, -0.2) is 31.8 Å². The Morgan fingerprint density at radius 1 is 1.04 bits per heavy atom. The van der Waals surface area contributed by atoms with Crippen LogP contribution in [0.1, 0.15) is 34.3 Å². The van der Waals surface area contributed by atoms with Crippen LogP contribution in [0.15, 0.2) is 53.4 Å². The molecule has 0 bridgehead atoms. The summed E-state index contributed by atoms with van der Waals surface area (Å²) in [5.41, 5.74) is 2.84. The number of fused-ring (bicyclic) bond motifs is 1. The van der Waals surface area contributed by atoms with E-state index in [1.807, 2.05) is 18.2 Å². The maximum absolute atomic E-state index is 12.8. The first kappa shape index (κ1) is 16.3. The van der Waals surface area contributed by atoms with Gasteiger partial charge in [0, 0.05) is 24.7 Å². The fraction of sp³-hybridized carbons (Fsp3) is 0.316. The molecule has 1 heterocycles. The molecule has 0 radical (unpaired) electrons. The van der Waals surface area contributed by atoms with Gasteiger partial charge in [-0.25, -0.2) is 13.1 Å². The molecule has 0 unspecified atom stereocenters. The average molecular weight is 356 g/mol. The number of amides is 1. The van der Waals surface area contributed by atoms with Gasteiger partial charge >= 0.3 is 0 Å². The summed E-state index contributed by atoms with van der Waals surface area (Å²) in [4.78, 5) is 14.8. The van der Waals surface area contributed by atoms with Crippen molar-refractivity contribution in [2.75, 3.05) is 6.54 Å². The Morgan fingerprint density at radius 3 is 2.56 bits per heavy atom. The van der Waals surface area contributed by atoms with E-state index in [0.717, 1.165) is 24.8 Å². The third-order valence-electron chi connectivity index (χ3n) is 4.71. The summed E-state index contributed by atoms with van der Waals surface area (Å²) in [6.45, 7) is 1.21. The molecule has 5 nitrogen and oxygen atoms in total. The molecule has 25 heavy (non-hydrogen) atoms. The van der Waals surface area contributed by atoms with Gasteiger partial charge in [-0.1, -0.05) is 30.3 Å². The summed E-state index contributed by atoms with van der Waals surface area (Å²) in [6, 6.07) is 14.5. The average Bonchev–Trinajstić information content (AvgIpc) is 3.44.